The maximum absolute atomic E-state index is 12.1. The molecular weight excluding hydrogens is 298 g/mol. The summed E-state index contributed by atoms with van der Waals surface area (Å²) < 4.78 is 5.75. The van der Waals surface area contributed by atoms with Gasteiger partial charge in [-0.25, -0.2) is 0 Å². The summed E-state index contributed by atoms with van der Waals surface area (Å²) in [4.78, 5) is 13.9. The topological polar surface area (TPSA) is 29.5 Å². The van der Waals surface area contributed by atoms with Crippen LogP contribution in [-0.2, 0) is 11.3 Å². The SMILES string of the molecule is CCOc1ccc2ccccc2c1CN(C)C(=O)CCCCl. The number of hydrogen-bond donors (Lipinski definition) is 0. The van der Waals surface area contributed by atoms with Crippen LogP contribution in [0.3, 0.4) is 0 Å². The number of nitrogens with zero attached hydrogens (tertiary/aromatic N) is 1. The maximum atomic E-state index is 12.1. The molecule has 4 heteroatoms. The van der Waals surface area contributed by atoms with Crippen molar-refractivity contribution in [2.24, 2.45) is 0 Å². The Hall–Kier alpha value is -1.74. The molecule has 0 atom stereocenters. The predicted molar refractivity (Wildman–Crippen MR) is 91.5 cm³/mol. The Labute approximate surface area is 136 Å². The number of carbonyl (C=O) groups excluding carboxylic acids is 1. The zero-order valence-electron chi connectivity index (χ0n) is 13.1. The summed E-state index contributed by atoms with van der Waals surface area (Å²) in [6.45, 7) is 3.11. The summed E-state index contributed by atoms with van der Waals surface area (Å²) >= 11 is 5.66. The molecule has 22 heavy (non-hydrogen) atoms. The standard InChI is InChI=1S/C18H22ClNO2/c1-3-22-17-11-10-14-7-4-5-8-15(14)16(17)13-20(2)18(21)9-6-12-19/h4-5,7-8,10-11H,3,6,9,12-13H2,1-2H3. The Bertz CT molecular complexity index is 642. The van der Waals surface area contributed by atoms with Crippen LogP contribution in [-0.4, -0.2) is 30.3 Å². The van der Waals surface area contributed by atoms with Gasteiger partial charge in [0.15, 0.2) is 0 Å². The van der Waals surface area contributed by atoms with E-state index >= 15 is 0 Å². The lowest BCUT2D eigenvalue weighted by Gasteiger charge is -2.21. The third-order valence-electron chi connectivity index (χ3n) is 3.64. The van der Waals surface area contributed by atoms with Crippen molar-refractivity contribution in [3.8, 4) is 5.75 Å². The molecule has 0 radical (unpaired) electrons. The Balaban J connectivity index is 2.31. The van der Waals surface area contributed by atoms with Gasteiger partial charge in [-0.15, -0.1) is 11.6 Å². The summed E-state index contributed by atoms with van der Waals surface area (Å²) in [5.74, 6) is 1.46. The van der Waals surface area contributed by atoms with Gasteiger partial charge in [-0.1, -0.05) is 30.3 Å². The molecule has 1 amide bonds. The molecule has 0 fully saturated rings. The molecule has 0 saturated heterocycles. The molecule has 3 nitrogen and oxygen atoms in total. The molecule has 0 aromatic heterocycles. The lowest BCUT2D eigenvalue weighted by molar-refractivity contribution is -0.130. The molecule has 0 aliphatic carbocycles. The van der Waals surface area contributed by atoms with Crippen LogP contribution in [0.5, 0.6) is 5.75 Å². The molecule has 0 spiro atoms. The van der Waals surface area contributed by atoms with Gasteiger partial charge >= 0.3 is 0 Å². The lowest BCUT2D eigenvalue weighted by atomic mass is 10.0. The molecule has 0 aliphatic rings. The lowest BCUT2D eigenvalue weighted by Crippen LogP contribution is -2.26. The van der Waals surface area contributed by atoms with Gasteiger partial charge in [-0.3, -0.25) is 4.79 Å². The van der Waals surface area contributed by atoms with E-state index in [4.69, 9.17) is 16.3 Å². The molecule has 0 saturated carbocycles. The number of benzene rings is 2. The van der Waals surface area contributed by atoms with Crippen molar-refractivity contribution in [3.63, 3.8) is 0 Å². The van der Waals surface area contributed by atoms with Gasteiger partial charge in [0.1, 0.15) is 5.75 Å². The highest BCUT2D eigenvalue weighted by molar-refractivity contribution is 6.17. The predicted octanol–water partition coefficient (Wildman–Crippen LogP) is 4.22. The van der Waals surface area contributed by atoms with E-state index in [-0.39, 0.29) is 5.91 Å². The van der Waals surface area contributed by atoms with Crippen molar-refractivity contribution in [2.45, 2.75) is 26.3 Å². The average molecular weight is 320 g/mol. The van der Waals surface area contributed by atoms with Crippen molar-refractivity contribution < 1.29 is 9.53 Å². The van der Waals surface area contributed by atoms with Crippen LogP contribution in [0.1, 0.15) is 25.3 Å². The fourth-order valence-corrected chi connectivity index (χ4v) is 2.64. The molecule has 0 unspecified atom stereocenters. The van der Waals surface area contributed by atoms with Crippen molar-refractivity contribution in [1.29, 1.82) is 0 Å². The largest absolute Gasteiger partial charge is 0.494 e. The molecular formula is C18H22ClNO2. The Morgan fingerprint density at radius 1 is 1.23 bits per heavy atom. The molecule has 0 N–H and O–H groups in total. The minimum atomic E-state index is 0.107. The summed E-state index contributed by atoms with van der Waals surface area (Å²) in [5.41, 5.74) is 1.06. The van der Waals surface area contributed by atoms with Gasteiger partial charge in [0, 0.05) is 31.5 Å². The summed E-state index contributed by atoms with van der Waals surface area (Å²) in [6.07, 6.45) is 1.19. The van der Waals surface area contributed by atoms with E-state index in [0.29, 0.717) is 31.9 Å². The number of alkyl halides is 1. The first-order valence-corrected chi connectivity index (χ1v) is 8.14. The van der Waals surface area contributed by atoms with Gasteiger partial charge in [0.05, 0.1) is 6.61 Å². The highest BCUT2D eigenvalue weighted by Crippen LogP contribution is 2.29. The van der Waals surface area contributed by atoms with Crippen LogP contribution in [0.25, 0.3) is 10.8 Å². The van der Waals surface area contributed by atoms with E-state index in [0.717, 1.165) is 22.1 Å². The van der Waals surface area contributed by atoms with Crippen molar-refractivity contribution in [3.05, 3.63) is 42.0 Å². The first-order valence-electron chi connectivity index (χ1n) is 7.60. The number of hydrogen-bond acceptors (Lipinski definition) is 2. The second-order valence-electron chi connectivity index (χ2n) is 5.24. The van der Waals surface area contributed by atoms with Crippen LogP contribution < -0.4 is 4.74 Å². The monoisotopic (exact) mass is 319 g/mol. The number of amides is 1. The zero-order chi connectivity index (χ0) is 15.9. The molecule has 2 aromatic carbocycles. The number of fused-ring (bicyclic) bond motifs is 1. The summed E-state index contributed by atoms with van der Waals surface area (Å²) in [5, 5.41) is 2.29. The van der Waals surface area contributed by atoms with E-state index in [1.54, 1.807) is 4.90 Å². The van der Waals surface area contributed by atoms with Gasteiger partial charge in [-0.2, -0.15) is 0 Å². The Kier molecular flexibility index (Phi) is 6.08. The van der Waals surface area contributed by atoms with Gasteiger partial charge in [0.25, 0.3) is 0 Å². The van der Waals surface area contributed by atoms with Gasteiger partial charge in [-0.05, 0) is 30.2 Å². The number of ether oxygens (including phenoxy) is 1. The smallest absolute Gasteiger partial charge is 0.222 e. The van der Waals surface area contributed by atoms with Crippen molar-refractivity contribution >= 4 is 28.3 Å². The highest BCUT2D eigenvalue weighted by Gasteiger charge is 2.14. The average Bonchev–Trinajstić information content (AvgIpc) is 2.54. The second kappa shape index (κ2) is 8.04. The Morgan fingerprint density at radius 3 is 2.73 bits per heavy atom. The molecule has 0 aliphatic heterocycles. The minimum Gasteiger partial charge on any atom is -0.494 e. The first kappa shape index (κ1) is 16.6. The van der Waals surface area contributed by atoms with E-state index in [1.807, 2.05) is 32.2 Å². The summed E-state index contributed by atoms with van der Waals surface area (Å²) in [7, 11) is 1.83. The molecule has 0 heterocycles. The maximum Gasteiger partial charge on any atom is 0.222 e. The summed E-state index contributed by atoms with van der Waals surface area (Å²) in [6, 6.07) is 12.2. The van der Waals surface area contributed by atoms with E-state index < -0.39 is 0 Å². The quantitative estimate of drug-likeness (QED) is 0.715. The molecule has 0 bridgehead atoms. The third-order valence-corrected chi connectivity index (χ3v) is 3.91. The number of halogens is 1. The Morgan fingerprint density at radius 2 is 2.00 bits per heavy atom. The van der Waals surface area contributed by atoms with Gasteiger partial charge in [0.2, 0.25) is 5.91 Å². The van der Waals surface area contributed by atoms with Gasteiger partial charge < -0.3 is 9.64 Å². The minimum absolute atomic E-state index is 0.107. The van der Waals surface area contributed by atoms with Crippen LogP contribution in [0, 0.1) is 0 Å². The van der Waals surface area contributed by atoms with Crippen LogP contribution in [0.4, 0.5) is 0 Å². The van der Waals surface area contributed by atoms with Crippen LogP contribution >= 0.6 is 11.6 Å². The van der Waals surface area contributed by atoms with E-state index in [1.165, 1.54) is 0 Å². The van der Waals surface area contributed by atoms with E-state index in [9.17, 15) is 4.79 Å². The second-order valence-corrected chi connectivity index (χ2v) is 5.62. The molecule has 118 valence electrons. The van der Waals surface area contributed by atoms with Crippen LogP contribution in [0.2, 0.25) is 0 Å². The normalized spacial score (nSPS) is 10.7. The fraction of sp³-hybridized carbons (Fsp3) is 0.389. The molecule has 2 rings (SSSR count). The fourth-order valence-electron chi connectivity index (χ4n) is 2.50. The van der Waals surface area contributed by atoms with Crippen LogP contribution in [0.15, 0.2) is 36.4 Å². The van der Waals surface area contributed by atoms with Crippen molar-refractivity contribution in [2.75, 3.05) is 19.5 Å². The first-order chi connectivity index (χ1) is 10.7. The van der Waals surface area contributed by atoms with E-state index in [2.05, 4.69) is 18.2 Å². The third kappa shape index (κ3) is 3.92. The molecule has 2 aromatic rings. The van der Waals surface area contributed by atoms with Crippen molar-refractivity contribution in [1.82, 2.24) is 4.90 Å². The number of carbonyl (C=O) groups is 1. The number of rotatable bonds is 7. The highest BCUT2D eigenvalue weighted by atomic mass is 35.5. The zero-order valence-corrected chi connectivity index (χ0v) is 13.9.